The molecule has 50 heavy (non-hydrogen) atoms. The van der Waals surface area contributed by atoms with E-state index in [-0.39, 0.29) is 17.2 Å². The smallest absolute Gasteiger partial charge is 0.410 e. The Morgan fingerprint density at radius 2 is 1.76 bits per heavy atom. The Kier molecular flexibility index (Phi) is 10.5. The fourth-order valence-electron chi connectivity index (χ4n) is 5.62. The monoisotopic (exact) mass is 699 g/mol. The number of hydrogen-bond donors (Lipinski definition) is 2. The van der Waals surface area contributed by atoms with E-state index >= 15 is 0 Å². The van der Waals surface area contributed by atoms with Gasteiger partial charge in [-0.05, 0) is 94.1 Å². The number of ether oxygens (including phenoxy) is 2. The van der Waals surface area contributed by atoms with Crippen LogP contribution in [0.1, 0.15) is 72.4 Å². The van der Waals surface area contributed by atoms with E-state index in [2.05, 4.69) is 63.2 Å². The van der Waals surface area contributed by atoms with E-state index in [0.717, 1.165) is 58.6 Å². The molecule has 268 valence electrons. The molecule has 0 unspecified atom stereocenters. The number of carbonyl (C=O) groups is 1. The third-order valence-electron chi connectivity index (χ3n) is 9.54. The highest BCUT2D eigenvalue weighted by Gasteiger charge is 2.39. The first-order valence-electron chi connectivity index (χ1n) is 17.4. The van der Waals surface area contributed by atoms with E-state index in [9.17, 15) is 4.79 Å². The lowest BCUT2D eigenvalue weighted by atomic mass is 10.0. The highest BCUT2D eigenvalue weighted by atomic mass is 28.4. The molecule has 1 fully saturated rings. The van der Waals surface area contributed by atoms with Crippen molar-refractivity contribution in [1.29, 1.82) is 0 Å². The largest absolute Gasteiger partial charge is 0.543 e. The van der Waals surface area contributed by atoms with Crippen LogP contribution in [0.4, 0.5) is 16.2 Å². The number of fused-ring (bicyclic) bond motifs is 1. The number of rotatable bonds is 9. The summed E-state index contributed by atoms with van der Waals surface area (Å²) in [5, 5.41) is 8.62. The summed E-state index contributed by atoms with van der Waals surface area (Å²) in [5.74, 6) is 1.77. The summed E-state index contributed by atoms with van der Waals surface area (Å²) in [6, 6.07) is 12.1. The Bertz CT molecular complexity index is 1850. The number of nitrogens with one attached hydrogen (secondary N) is 1. The second-order valence-corrected chi connectivity index (χ2v) is 20.2. The predicted molar refractivity (Wildman–Crippen MR) is 203 cm³/mol. The summed E-state index contributed by atoms with van der Waals surface area (Å²) in [5.41, 5.74) is 12.4. The molecule has 0 saturated carbocycles. The average molecular weight is 700 g/mol. The van der Waals surface area contributed by atoms with E-state index in [1.807, 2.05) is 55.7 Å². The van der Waals surface area contributed by atoms with Crippen molar-refractivity contribution in [3.63, 3.8) is 0 Å². The minimum absolute atomic E-state index is 0.0879. The number of piperidine rings is 1. The molecule has 5 rings (SSSR count). The third kappa shape index (κ3) is 8.40. The molecule has 0 radical (unpaired) electrons. The van der Waals surface area contributed by atoms with E-state index < -0.39 is 13.9 Å². The van der Waals surface area contributed by atoms with E-state index in [4.69, 9.17) is 29.7 Å². The Morgan fingerprint density at radius 3 is 2.36 bits per heavy atom. The summed E-state index contributed by atoms with van der Waals surface area (Å²) in [7, 11) is -0.406. The first-order valence-corrected chi connectivity index (χ1v) is 20.3. The van der Waals surface area contributed by atoms with Gasteiger partial charge in [-0.3, -0.25) is 0 Å². The zero-order valence-corrected chi connectivity index (χ0v) is 32.3. The molecule has 1 amide bonds. The van der Waals surface area contributed by atoms with Gasteiger partial charge in [-0.15, -0.1) is 0 Å². The summed E-state index contributed by atoms with van der Waals surface area (Å²) in [4.78, 5) is 23.9. The quantitative estimate of drug-likeness (QED) is 0.102. The van der Waals surface area contributed by atoms with Gasteiger partial charge < -0.3 is 29.9 Å². The van der Waals surface area contributed by atoms with Crippen molar-refractivity contribution >= 4 is 37.1 Å². The van der Waals surface area contributed by atoms with Crippen molar-refractivity contribution in [3.8, 4) is 22.8 Å². The summed E-state index contributed by atoms with van der Waals surface area (Å²) in [6.45, 7) is 20.1. The molecule has 1 aliphatic heterocycles. The van der Waals surface area contributed by atoms with Gasteiger partial charge in [-0.1, -0.05) is 27.7 Å². The summed E-state index contributed by atoms with van der Waals surface area (Å²) < 4.78 is 19.3. The maximum atomic E-state index is 12.8. The number of pyridine rings is 1. The number of anilines is 1. The van der Waals surface area contributed by atoms with Crippen LogP contribution < -0.4 is 20.2 Å². The molecular formula is C38H53N7O4Si. The number of aryl methyl sites for hydroxylation is 1. The number of hydrogen-bond acceptors (Lipinski definition) is 8. The predicted octanol–water partition coefficient (Wildman–Crippen LogP) is 8.20. The molecule has 1 aromatic carbocycles. The lowest BCUT2D eigenvalue weighted by Gasteiger charge is -2.36. The number of amidine groups is 1. The van der Waals surface area contributed by atoms with Gasteiger partial charge in [0.1, 0.15) is 17.2 Å². The number of amides is 1. The second-order valence-electron chi connectivity index (χ2n) is 15.5. The maximum Gasteiger partial charge on any atom is 0.410 e. The van der Waals surface area contributed by atoms with Crippen molar-refractivity contribution in [2.24, 2.45) is 10.7 Å². The SMILES string of the molecule is CCc1cc(O[Si](C)(C)C(C)(C)C)ccc1N=C(N)c1cnn2cc(-c3ccc(OC)nc3)cc2c1NC1CCN(C(=O)OC(C)(C)C)CC1. The highest BCUT2D eigenvalue weighted by molar-refractivity contribution is 6.74. The van der Waals surface area contributed by atoms with Gasteiger partial charge in [0.15, 0.2) is 0 Å². The maximum absolute atomic E-state index is 12.8. The van der Waals surface area contributed by atoms with Crippen LogP contribution in [0.25, 0.3) is 16.6 Å². The highest BCUT2D eigenvalue weighted by Crippen LogP contribution is 2.38. The zero-order valence-electron chi connectivity index (χ0n) is 31.3. The number of carbonyl (C=O) groups excluding carboxylic acids is 1. The van der Waals surface area contributed by atoms with Gasteiger partial charge in [0.05, 0.1) is 35.8 Å². The molecule has 3 aromatic heterocycles. The average Bonchev–Trinajstić information content (AvgIpc) is 3.49. The van der Waals surface area contributed by atoms with Crippen LogP contribution in [-0.4, -0.2) is 71.6 Å². The number of aliphatic imine (C=N–C) groups is 1. The molecular weight excluding hydrogens is 647 g/mol. The number of likely N-dealkylation sites (tertiary alicyclic amines) is 1. The van der Waals surface area contributed by atoms with E-state index in [1.165, 1.54) is 0 Å². The standard InChI is InChI=1S/C38H53N7O4Si/c1-11-25-20-29(49-50(9,10)38(5,6)7)13-14-31(25)43-35(39)30-23-41-45-24-27(26-12-15-33(47-8)40-22-26)21-32(45)34(30)42-28-16-18-44(19-17-28)36(46)48-37(2,3)4/h12-15,20-24,28,42H,11,16-19H2,1-10H3,(H2,39,43). The van der Waals surface area contributed by atoms with Gasteiger partial charge in [0.2, 0.25) is 14.2 Å². The van der Waals surface area contributed by atoms with E-state index in [1.54, 1.807) is 24.4 Å². The van der Waals surface area contributed by atoms with Crippen molar-refractivity contribution in [2.45, 2.75) is 97.5 Å². The number of nitrogens with two attached hydrogens (primary N) is 1. The van der Waals surface area contributed by atoms with Crippen LogP contribution in [0.15, 0.2) is 60.0 Å². The van der Waals surface area contributed by atoms with Crippen LogP contribution in [0.5, 0.6) is 11.6 Å². The first-order chi connectivity index (χ1) is 23.5. The lowest BCUT2D eigenvalue weighted by molar-refractivity contribution is 0.0210. The van der Waals surface area contributed by atoms with Crippen molar-refractivity contribution < 1.29 is 18.7 Å². The molecule has 1 aliphatic rings. The van der Waals surface area contributed by atoms with Crippen LogP contribution in [0.3, 0.4) is 0 Å². The van der Waals surface area contributed by atoms with Gasteiger partial charge in [-0.2, -0.15) is 5.10 Å². The van der Waals surface area contributed by atoms with Gasteiger partial charge in [-0.25, -0.2) is 19.3 Å². The Labute approximate surface area is 297 Å². The number of methoxy groups -OCH3 is 1. The van der Waals surface area contributed by atoms with Crippen LogP contribution in [0, 0.1) is 0 Å². The minimum Gasteiger partial charge on any atom is -0.543 e. The lowest BCUT2D eigenvalue weighted by Crippen LogP contribution is -2.44. The second kappa shape index (κ2) is 14.3. The third-order valence-corrected chi connectivity index (χ3v) is 13.9. The molecule has 3 N–H and O–H groups in total. The zero-order chi connectivity index (χ0) is 36.4. The van der Waals surface area contributed by atoms with Gasteiger partial charge in [0, 0.05) is 48.7 Å². The Morgan fingerprint density at radius 1 is 1.04 bits per heavy atom. The fraction of sp³-hybridized carbons (Fsp3) is 0.474. The molecule has 0 atom stereocenters. The fourth-order valence-corrected chi connectivity index (χ4v) is 6.65. The molecule has 4 aromatic rings. The number of nitrogens with zero attached hydrogens (tertiary/aromatic N) is 5. The van der Waals surface area contributed by atoms with Crippen molar-refractivity contribution in [1.82, 2.24) is 19.5 Å². The van der Waals surface area contributed by atoms with Gasteiger partial charge in [0.25, 0.3) is 0 Å². The Hall–Kier alpha value is -4.58. The molecule has 12 heteroatoms. The van der Waals surface area contributed by atoms with Crippen LogP contribution >= 0.6 is 0 Å². The first kappa shape index (κ1) is 36.7. The van der Waals surface area contributed by atoms with Gasteiger partial charge >= 0.3 is 6.09 Å². The Balaban J connectivity index is 1.49. The molecule has 11 nitrogen and oxygen atoms in total. The van der Waals surface area contributed by atoms with Crippen LogP contribution in [0.2, 0.25) is 18.1 Å². The van der Waals surface area contributed by atoms with Crippen LogP contribution in [-0.2, 0) is 11.2 Å². The van der Waals surface area contributed by atoms with Crippen molar-refractivity contribution in [2.75, 3.05) is 25.5 Å². The normalized spacial score (nSPS) is 14.9. The molecule has 0 bridgehead atoms. The number of aromatic nitrogens is 3. The topological polar surface area (TPSA) is 129 Å². The molecule has 4 heterocycles. The van der Waals surface area contributed by atoms with Crippen molar-refractivity contribution in [3.05, 3.63) is 66.1 Å². The minimum atomic E-state index is -2.01. The molecule has 0 spiro atoms. The number of benzene rings is 1. The molecule has 0 aliphatic carbocycles. The summed E-state index contributed by atoms with van der Waals surface area (Å²) in [6.07, 6.45) is 7.51. The molecule has 1 saturated heterocycles. The van der Waals surface area contributed by atoms with E-state index in [0.29, 0.717) is 30.4 Å². The summed E-state index contributed by atoms with van der Waals surface area (Å²) >= 11 is 0.